The molecule has 0 aliphatic carbocycles. The minimum absolute atomic E-state index is 0.206. The highest BCUT2D eigenvalue weighted by molar-refractivity contribution is 5.66. The molecule has 1 aliphatic heterocycles. The van der Waals surface area contributed by atoms with Crippen LogP contribution in [0, 0.1) is 0 Å². The summed E-state index contributed by atoms with van der Waals surface area (Å²) >= 11 is 0. The number of piperazine rings is 1. The van der Waals surface area contributed by atoms with Crippen molar-refractivity contribution in [1.29, 1.82) is 0 Å². The van der Waals surface area contributed by atoms with Gasteiger partial charge in [0.25, 0.3) is 0 Å². The fourth-order valence-electron chi connectivity index (χ4n) is 2.66. The van der Waals surface area contributed by atoms with Gasteiger partial charge >= 0.3 is 5.97 Å². The molecule has 6 heteroatoms. The second kappa shape index (κ2) is 6.85. The van der Waals surface area contributed by atoms with Crippen molar-refractivity contribution in [3.8, 4) is 0 Å². The Labute approximate surface area is 125 Å². The third kappa shape index (κ3) is 4.14. The van der Waals surface area contributed by atoms with E-state index >= 15 is 0 Å². The molecule has 0 bridgehead atoms. The van der Waals surface area contributed by atoms with Crippen LogP contribution in [0.25, 0.3) is 0 Å². The molecule has 1 atom stereocenters. The standard InChI is InChI=1S/C15H24N4O2/c1-11(2)13-8-14(17-10-16-13)19-7-6-18(9-12(19)3)5-4-15(20)21/h8,10-12H,4-7,9H2,1-3H3,(H,20,21). The van der Waals surface area contributed by atoms with Gasteiger partial charge in [-0.15, -0.1) is 0 Å². The Kier molecular flexibility index (Phi) is 5.12. The number of aromatic nitrogens is 2. The molecule has 1 fully saturated rings. The zero-order valence-electron chi connectivity index (χ0n) is 13.0. The highest BCUT2D eigenvalue weighted by Gasteiger charge is 2.25. The third-order valence-corrected chi connectivity index (χ3v) is 3.91. The average molecular weight is 292 g/mol. The first-order valence-corrected chi connectivity index (χ1v) is 7.50. The Bertz CT molecular complexity index is 492. The van der Waals surface area contributed by atoms with Crippen LogP contribution in [0.2, 0.25) is 0 Å². The maximum atomic E-state index is 10.7. The summed E-state index contributed by atoms with van der Waals surface area (Å²) in [5.41, 5.74) is 1.06. The third-order valence-electron chi connectivity index (χ3n) is 3.91. The fourth-order valence-corrected chi connectivity index (χ4v) is 2.66. The minimum Gasteiger partial charge on any atom is -0.481 e. The van der Waals surface area contributed by atoms with Gasteiger partial charge < -0.3 is 10.0 Å². The van der Waals surface area contributed by atoms with Crippen LogP contribution < -0.4 is 4.90 Å². The van der Waals surface area contributed by atoms with Gasteiger partial charge in [-0.3, -0.25) is 9.69 Å². The predicted molar refractivity (Wildman–Crippen MR) is 81.6 cm³/mol. The molecule has 21 heavy (non-hydrogen) atoms. The Hall–Kier alpha value is -1.69. The molecule has 1 saturated heterocycles. The number of nitrogens with zero attached hydrogens (tertiary/aromatic N) is 4. The van der Waals surface area contributed by atoms with Crippen molar-refractivity contribution in [2.24, 2.45) is 0 Å². The van der Waals surface area contributed by atoms with E-state index in [4.69, 9.17) is 5.11 Å². The van der Waals surface area contributed by atoms with Gasteiger partial charge in [0.05, 0.1) is 6.42 Å². The van der Waals surface area contributed by atoms with Crippen LogP contribution >= 0.6 is 0 Å². The van der Waals surface area contributed by atoms with Crippen LogP contribution in [-0.2, 0) is 4.79 Å². The highest BCUT2D eigenvalue weighted by Crippen LogP contribution is 2.21. The van der Waals surface area contributed by atoms with E-state index in [1.54, 1.807) is 6.33 Å². The molecule has 2 heterocycles. The quantitative estimate of drug-likeness (QED) is 0.888. The lowest BCUT2D eigenvalue weighted by atomic mass is 10.1. The summed E-state index contributed by atoms with van der Waals surface area (Å²) in [6.07, 6.45) is 1.84. The smallest absolute Gasteiger partial charge is 0.304 e. The van der Waals surface area contributed by atoms with Crippen molar-refractivity contribution in [2.45, 2.75) is 39.2 Å². The number of anilines is 1. The zero-order chi connectivity index (χ0) is 15.4. The highest BCUT2D eigenvalue weighted by atomic mass is 16.4. The molecule has 0 saturated carbocycles. The van der Waals surface area contributed by atoms with E-state index in [0.717, 1.165) is 31.1 Å². The topological polar surface area (TPSA) is 69.6 Å². The van der Waals surface area contributed by atoms with Crippen LogP contribution in [0.4, 0.5) is 5.82 Å². The maximum Gasteiger partial charge on any atom is 0.304 e. The Balaban J connectivity index is 2.00. The van der Waals surface area contributed by atoms with Crippen LogP contribution in [0.1, 0.15) is 38.8 Å². The number of carboxylic acids is 1. The zero-order valence-corrected chi connectivity index (χ0v) is 13.0. The molecule has 116 valence electrons. The first-order chi connectivity index (χ1) is 9.97. The summed E-state index contributed by atoms with van der Waals surface area (Å²) in [5, 5.41) is 8.77. The predicted octanol–water partition coefficient (Wildman–Crippen LogP) is 1.59. The molecule has 6 nitrogen and oxygen atoms in total. The number of rotatable bonds is 5. The molecular formula is C15H24N4O2. The van der Waals surface area contributed by atoms with Crippen molar-refractivity contribution < 1.29 is 9.90 Å². The van der Waals surface area contributed by atoms with Gasteiger partial charge in [0.1, 0.15) is 12.1 Å². The second-order valence-electron chi connectivity index (χ2n) is 5.94. The van der Waals surface area contributed by atoms with E-state index in [9.17, 15) is 4.79 Å². The SMILES string of the molecule is CC(C)c1cc(N2CCN(CCC(=O)O)CC2C)ncn1. The van der Waals surface area contributed by atoms with E-state index in [1.807, 2.05) is 0 Å². The summed E-state index contributed by atoms with van der Waals surface area (Å²) in [6.45, 7) is 9.64. The van der Waals surface area contributed by atoms with E-state index in [0.29, 0.717) is 18.5 Å². The van der Waals surface area contributed by atoms with Crippen LogP contribution in [0.5, 0.6) is 0 Å². The largest absolute Gasteiger partial charge is 0.481 e. The van der Waals surface area contributed by atoms with Crippen LogP contribution in [0.15, 0.2) is 12.4 Å². The average Bonchev–Trinajstić information content (AvgIpc) is 2.45. The minimum atomic E-state index is -0.734. The molecule has 0 amide bonds. The molecular weight excluding hydrogens is 268 g/mol. The maximum absolute atomic E-state index is 10.7. The lowest BCUT2D eigenvalue weighted by Gasteiger charge is -2.40. The van der Waals surface area contributed by atoms with Gasteiger partial charge in [-0.2, -0.15) is 0 Å². The van der Waals surface area contributed by atoms with Crippen molar-refractivity contribution in [2.75, 3.05) is 31.1 Å². The summed E-state index contributed by atoms with van der Waals surface area (Å²) in [7, 11) is 0. The van der Waals surface area contributed by atoms with Crippen LogP contribution in [0.3, 0.4) is 0 Å². The van der Waals surface area contributed by atoms with E-state index in [1.165, 1.54) is 0 Å². The summed E-state index contributed by atoms with van der Waals surface area (Å²) in [5.74, 6) is 0.625. The Morgan fingerprint density at radius 3 is 2.81 bits per heavy atom. The summed E-state index contributed by atoms with van der Waals surface area (Å²) in [4.78, 5) is 23.9. The molecule has 0 spiro atoms. The number of aliphatic carboxylic acids is 1. The van der Waals surface area contributed by atoms with Crippen molar-refractivity contribution in [3.63, 3.8) is 0 Å². The molecule has 1 N–H and O–H groups in total. The second-order valence-corrected chi connectivity index (χ2v) is 5.94. The van der Waals surface area contributed by atoms with Gasteiger partial charge in [-0.1, -0.05) is 13.8 Å². The normalized spacial score (nSPS) is 20.0. The monoisotopic (exact) mass is 292 g/mol. The molecule has 1 unspecified atom stereocenters. The van der Waals surface area contributed by atoms with Crippen molar-refractivity contribution in [3.05, 3.63) is 18.1 Å². The van der Waals surface area contributed by atoms with Crippen LogP contribution in [-0.4, -0.2) is 58.2 Å². The number of hydrogen-bond donors (Lipinski definition) is 1. The lowest BCUT2D eigenvalue weighted by Crippen LogP contribution is -2.52. The Morgan fingerprint density at radius 1 is 1.43 bits per heavy atom. The molecule has 2 rings (SSSR count). The van der Waals surface area contributed by atoms with Gasteiger partial charge in [-0.05, 0) is 12.8 Å². The first kappa shape index (κ1) is 15.7. The Morgan fingerprint density at radius 2 is 2.19 bits per heavy atom. The van der Waals surface area contributed by atoms with Gasteiger partial charge in [-0.25, -0.2) is 9.97 Å². The van der Waals surface area contributed by atoms with Crippen molar-refractivity contribution >= 4 is 11.8 Å². The first-order valence-electron chi connectivity index (χ1n) is 7.50. The fraction of sp³-hybridized carbons (Fsp3) is 0.667. The number of hydrogen-bond acceptors (Lipinski definition) is 5. The molecule has 0 aromatic carbocycles. The van der Waals surface area contributed by atoms with Gasteiger partial charge in [0.15, 0.2) is 0 Å². The van der Waals surface area contributed by atoms with E-state index < -0.39 is 5.97 Å². The summed E-state index contributed by atoms with van der Waals surface area (Å²) < 4.78 is 0. The van der Waals surface area contributed by atoms with E-state index in [2.05, 4.69) is 46.6 Å². The molecule has 1 aliphatic rings. The van der Waals surface area contributed by atoms with Crippen molar-refractivity contribution in [1.82, 2.24) is 14.9 Å². The van der Waals surface area contributed by atoms with Gasteiger partial charge in [0, 0.05) is 44.0 Å². The molecule has 0 radical (unpaired) electrons. The van der Waals surface area contributed by atoms with Gasteiger partial charge in [0.2, 0.25) is 0 Å². The lowest BCUT2D eigenvalue weighted by molar-refractivity contribution is -0.137. The molecule has 1 aromatic rings. The number of carboxylic acid groups (broad SMARTS) is 1. The molecule has 1 aromatic heterocycles. The van der Waals surface area contributed by atoms with E-state index in [-0.39, 0.29) is 6.42 Å². The summed E-state index contributed by atoms with van der Waals surface area (Å²) in [6, 6.07) is 2.39. The number of carbonyl (C=O) groups is 1.